The molecule has 2 amide bonds. The Bertz CT molecular complexity index is 386. The van der Waals surface area contributed by atoms with Gasteiger partial charge in [-0.25, -0.2) is 4.79 Å². The fourth-order valence-electron chi connectivity index (χ4n) is 1.99. The molecule has 8 heteroatoms. The van der Waals surface area contributed by atoms with Crippen molar-refractivity contribution in [1.29, 1.82) is 0 Å². The molecule has 0 aromatic rings. The number of unbranched alkanes of at least 4 members (excludes halogenated alkanes) is 4. The van der Waals surface area contributed by atoms with E-state index in [0.29, 0.717) is 6.42 Å². The van der Waals surface area contributed by atoms with Crippen molar-refractivity contribution in [2.75, 3.05) is 6.61 Å². The van der Waals surface area contributed by atoms with E-state index in [0.717, 1.165) is 25.7 Å². The van der Waals surface area contributed by atoms with Gasteiger partial charge in [-0.1, -0.05) is 32.6 Å². The molecule has 0 aromatic carbocycles. The number of rotatable bonds is 12. The normalized spacial score (nSPS) is 14.6. The van der Waals surface area contributed by atoms with Gasteiger partial charge in [0.15, 0.2) is 0 Å². The molecule has 0 spiro atoms. The minimum atomic E-state index is -1.48. The van der Waals surface area contributed by atoms with E-state index in [-0.39, 0.29) is 12.3 Å². The second kappa shape index (κ2) is 11.8. The Balaban J connectivity index is 4.41. The Labute approximate surface area is 136 Å². The maximum Gasteiger partial charge on any atom is 0.328 e. The van der Waals surface area contributed by atoms with Gasteiger partial charge < -0.3 is 26.0 Å². The van der Waals surface area contributed by atoms with Crippen LogP contribution in [0.1, 0.15) is 52.4 Å². The summed E-state index contributed by atoms with van der Waals surface area (Å²) in [7, 11) is 0. The van der Waals surface area contributed by atoms with Crippen LogP contribution < -0.4 is 10.6 Å². The number of carboxylic acids is 1. The molecule has 3 atom stereocenters. The van der Waals surface area contributed by atoms with E-state index in [1.165, 1.54) is 6.92 Å². The molecular weight excluding hydrogens is 304 g/mol. The zero-order valence-electron chi connectivity index (χ0n) is 13.7. The summed E-state index contributed by atoms with van der Waals surface area (Å²) < 4.78 is 0. The molecule has 0 aliphatic carbocycles. The Hall–Kier alpha value is -1.67. The monoisotopic (exact) mass is 332 g/mol. The first-order chi connectivity index (χ1) is 10.8. The molecule has 0 radical (unpaired) electrons. The van der Waals surface area contributed by atoms with Crippen molar-refractivity contribution < 1.29 is 29.7 Å². The van der Waals surface area contributed by atoms with Crippen LogP contribution in [0.3, 0.4) is 0 Å². The summed E-state index contributed by atoms with van der Waals surface area (Å²) in [5.41, 5.74) is 0. The Morgan fingerprint density at radius 1 is 1.04 bits per heavy atom. The number of amides is 2. The van der Waals surface area contributed by atoms with E-state index in [2.05, 4.69) is 17.6 Å². The van der Waals surface area contributed by atoms with Gasteiger partial charge in [-0.15, -0.1) is 0 Å². The van der Waals surface area contributed by atoms with Gasteiger partial charge in [0.2, 0.25) is 11.8 Å². The van der Waals surface area contributed by atoms with Crippen LogP contribution in [-0.4, -0.2) is 57.9 Å². The molecule has 0 heterocycles. The van der Waals surface area contributed by atoms with Crippen molar-refractivity contribution in [3.63, 3.8) is 0 Å². The average Bonchev–Trinajstić information content (AvgIpc) is 2.49. The molecule has 23 heavy (non-hydrogen) atoms. The number of aliphatic hydroxyl groups is 2. The molecule has 0 bridgehead atoms. The quantitative estimate of drug-likeness (QED) is 0.313. The molecule has 0 saturated heterocycles. The van der Waals surface area contributed by atoms with Gasteiger partial charge in [0, 0.05) is 6.42 Å². The predicted molar refractivity (Wildman–Crippen MR) is 83.6 cm³/mol. The average molecular weight is 332 g/mol. The smallest absolute Gasteiger partial charge is 0.328 e. The Kier molecular flexibility index (Phi) is 11.0. The van der Waals surface area contributed by atoms with Crippen LogP contribution in [0.2, 0.25) is 0 Å². The molecule has 0 saturated carbocycles. The number of aliphatic hydroxyl groups excluding tert-OH is 2. The van der Waals surface area contributed by atoms with Crippen LogP contribution in [0.15, 0.2) is 0 Å². The van der Waals surface area contributed by atoms with Gasteiger partial charge >= 0.3 is 5.97 Å². The summed E-state index contributed by atoms with van der Waals surface area (Å²) in [4.78, 5) is 34.5. The van der Waals surface area contributed by atoms with Crippen molar-refractivity contribution in [2.45, 2.75) is 70.6 Å². The molecule has 3 unspecified atom stereocenters. The van der Waals surface area contributed by atoms with E-state index >= 15 is 0 Å². The predicted octanol–water partition coefficient (Wildman–Crippen LogP) is -0.226. The van der Waals surface area contributed by atoms with E-state index < -0.39 is 36.7 Å². The molecule has 8 nitrogen and oxygen atoms in total. The van der Waals surface area contributed by atoms with Gasteiger partial charge in [0.1, 0.15) is 12.1 Å². The molecule has 5 N–H and O–H groups in total. The maximum absolute atomic E-state index is 11.9. The fraction of sp³-hybridized carbons (Fsp3) is 0.800. The summed E-state index contributed by atoms with van der Waals surface area (Å²) in [6.07, 6.45) is 3.91. The van der Waals surface area contributed by atoms with Crippen LogP contribution in [0.25, 0.3) is 0 Å². The lowest BCUT2D eigenvalue weighted by atomic mass is 10.1. The largest absolute Gasteiger partial charge is 0.480 e. The molecule has 0 aliphatic heterocycles. The third-order valence-electron chi connectivity index (χ3n) is 3.39. The number of carboxylic acid groups (broad SMARTS) is 1. The first kappa shape index (κ1) is 21.3. The number of nitrogens with one attached hydrogen (secondary N) is 2. The highest BCUT2D eigenvalue weighted by atomic mass is 16.4. The number of carbonyl (C=O) groups is 3. The second-order valence-corrected chi connectivity index (χ2v) is 5.53. The lowest BCUT2D eigenvalue weighted by molar-refractivity contribution is -0.144. The Morgan fingerprint density at radius 3 is 2.13 bits per heavy atom. The van der Waals surface area contributed by atoms with Crippen molar-refractivity contribution in [3.05, 3.63) is 0 Å². The van der Waals surface area contributed by atoms with E-state index in [4.69, 9.17) is 10.2 Å². The van der Waals surface area contributed by atoms with Crippen LogP contribution in [0, 0.1) is 0 Å². The molecule has 134 valence electrons. The molecular formula is C15H28N2O6. The highest BCUT2D eigenvalue weighted by Gasteiger charge is 2.29. The van der Waals surface area contributed by atoms with Crippen molar-refractivity contribution in [2.24, 2.45) is 0 Å². The number of hydrogen-bond acceptors (Lipinski definition) is 5. The van der Waals surface area contributed by atoms with Gasteiger partial charge in [-0.05, 0) is 13.3 Å². The van der Waals surface area contributed by atoms with Crippen LogP contribution in [-0.2, 0) is 14.4 Å². The van der Waals surface area contributed by atoms with E-state index in [9.17, 15) is 19.5 Å². The minimum Gasteiger partial charge on any atom is -0.480 e. The third-order valence-corrected chi connectivity index (χ3v) is 3.39. The molecule has 0 aliphatic rings. The van der Waals surface area contributed by atoms with Crippen LogP contribution in [0.5, 0.6) is 0 Å². The lowest BCUT2D eigenvalue weighted by Gasteiger charge is -2.22. The highest BCUT2D eigenvalue weighted by molar-refractivity contribution is 5.90. The molecule has 0 rings (SSSR count). The standard InChI is InChI=1S/C15H28N2O6/c1-3-4-5-6-7-8-12(20)17-13(10(2)19)14(21)16-11(9-18)15(22)23/h10-11,13,18-19H,3-9H2,1-2H3,(H,16,21)(H,17,20)(H,22,23). The zero-order chi connectivity index (χ0) is 17.8. The SMILES string of the molecule is CCCCCCCC(=O)NC(C(=O)NC(CO)C(=O)O)C(C)O. The lowest BCUT2D eigenvalue weighted by Crippen LogP contribution is -2.56. The fourth-order valence-corrected chi connectivity index (χ4v) is 1.99. The first-order valence-electron chi connectivity index (χ1n) is 7.94. The topological polar surface area (TPSA) is 136 Å². The Morgan fingerprint density at radius 2 is 1.65 bits per heavy atom. The summed E-state index contributed by atoms with van der Waals surface area (Å²) in [5, 5.41) is 31.8. The highest BCUT2D eigenvalue weighted by Crippen LogP contribution is 2.05. The zero-order valence-corrected chi connectivity index (χ0v) is 13.7. The van der Waals surface area contributed by atoms with Gasteiger partial charge in [0.05, 0.1) is 12.7 Å². The minimum absolute atomic E-state index is 0.239. The second-order valence-electron chi connectivity index (χ2n) is 5.53. The van der Waals surface area contributed by atoms with Crippen molar-refractivity contribution in [3.8, 4) is 0 Å². The summed E-state index contributed by atoms with van der Waals surface area (Å²) in [6, 6.07) is -2.73. The van der Waals surface area contributed by atoms with Crippen LogP contribution in [0.4, 0.5) is 0 Å². The molecule has 0 aromatic heterocycles. The van der Waals surface area contributed by atoms with Gasteiger partial charge in [-0.3, -0.25) is 9.59 Å². The summed E-state index contributed by atoms with van der Waals surface area (Å²) >= 11 is 0. The van der Waals surface area contributed by atoms with Crippen LogP contribution >= 0.6 is 0 Å². The first-order valence-corrected chi connectivity index (χ1v) is 7.94. The van der Waals surface area contributed by atoms with Gasteiger partial charge in [-0.2, -0.15) is 0 Å². The van der Waals surface area contributed by atoms with Crippen molar-refractivity contribution >= 4 is 17.8 Å². The molecule has 0 fully saturated rings. The number of carbonyl (C=O) groups excluding carboxylic acids is 2. The van der Waals surface area contributed by atoms with Crippen molar-refractivity contribution in [1.82, 2.24) is 10.6 Å². The van der Waals surface area contributed by atoms with Gasteiger partial charge in [0.25, 0.3) is 0 Å². The summed E-state index contributed by atoms with van der Waals surface area (Å²) in [6.45, 7) is 2.63. The summed E-state index contributed by atoms with van der Waals surface area (Å²) in [5.74, 6) is -2.62. The maximum atomic E-state index is 11.9. The third kappa shape index (κ3) is 9.14. The van der Waals surface area contributed by atoms with E-state index in [1.54, 1.807) is 0 Å². The number of aliphatic carboxylic acids is 1. The van der Waals surface area contributed by atoms with E-state index in [1.807, 2.05) is 0 Å². The number of hydrogen-bond donors (Lipinski definition) is 5.